The number of nitrogens with zero attached hydrogens (tertiary/aromatic N) is 1. The third-order valence-electron chi connectivity index (χ3n) is 2.18. The standard InChI is InChI=1S/C9H22N2O/c1-6-8-11(5)9(3,10-4)12-7-2/h10H,6-8H2,1-5H3. The summed E-state index contributed by atoms with van der Waals surface area (Å²) in [5, 5.41) is 3.17. The second-order valence-electron chi connectivity index (χ2n) is 3.09. The summed E-state index contributed by atoms with van der Waals surface area (Å²) < 4.78 is 5.61. The molecule has 1 unspecified atom stereocenters. The van der Waals surface area contributed by atoms with Crippen molar-refractivity contribution in [3.8, 4) is 0 Å². The molecule has 0 saturated carbocycles. The van der Waals surface area contributed by atoms with Crippen LogP contribution in [-0.4, -0.2) is 38.0 Å². The molecule has 12 heavy (non-hydrogen) atoms. The fourth-order valence-corrected chi connectivity index (χ4v) is 1.20. The Balaban J connectivity index is 4.08. The molecule has 1 N–H and O–H groups in total. The second kappa shape index (κ2) is 5.51. The van der Waals surface area contributed by atoms with Crippen molar-refractivity contribution in [1.29, 1.82) is 0 Å². The zero-order valence-electron chi connectivity index (χ0n) is 8.98. The summed E-state index contributed by atoms with van der Waals surface area (Å²) in [6.45, 7) is 7.99. The minimum atomic E-state index is -0.315. The van der Waals surface area contributed by atoms with E-state index in [0.29, 0.717) is 0 Å². The van der Waals surface area contributed by atoms with Crippen molar-refractivity contribution in [1.82, 2.24) is 10.2 Å². The summed E-state index contributed by atoms with van der Waals surface area (Å²) in [7, 11) is 3.98. The number of nitrogens with one attached hydrogen (secondary N) is 1. The Morgan fingerprint density at radius 3 is 2.33 bits per heavy atom. The van der Waals surface area contributed by atoms with Crippen LogP contribution in [0.3, 0.4) is 0 Å². The Morgan fingerprint density at radius 1 is 1.42 bits per heavy atom. The second-order valence-corrected chi connectivity index (χ2v) is 3.09. The van der Waals surface area contributed by atoms with E-state index in [1.54, 1.807) is 0 Å². The highest BCUT2D eigenvalue weighted by atomic mass is 16.5. The molecule has 0 bridgehead atoms. The fraction of sp³-hybridized carbons (Fsp3) is 1.00. The molecule has 3 heteroatoms. The van der Waals surface area contributed by atoms with Crippen molar-refractivity contribution in [3.63, 3.8) is 0 Å². The van der Waals surface area contributed by atoms with Gasteiger partial charge in [0, 0.05) is 13.2 Å². The normalized spacial score (nSPS) is 16.5. The van der Waals surface area contributed by atoms with Gasteiger partial charge in [-0.2, -0.15) is 0 Å². The van der Waals surface area contributed by atoms with Gasteiger partial charge in [0.15, 0.2) is 5.85 Å². The lowest BCUT2D eigenvalue weighted by molar-refractivity contribution is -0.149. The van der Waals surface area contributed by atoms with Gasteiger partial charge in [0.2, 0.25) is 0 Å². The Hall–Kier alpha value is -0.120. The summed E-state index contributed by atoms with van der Waals surface area (Å²) in [5.41, 5.74) is 0. The van der Waals surface area contributed by atoms with E-state index in [-0.39, 0.29) is 5.85 Å². The van der Waals surface area contributed by atoms with Crippen LogP contribution in [0.15, 0.2) is 0 Å². The Bertz CT molecular complexity index is 119. The quantitative estimate of drug-likeness (QED) is 0.613. The molecule has 0 aromatic carbocycles. The first-order valence-electron chi connectivity index (χ1n) is 4.64. The zero-order chi connectivity index (χ0) is 9.61. The lowest BCUT2D eigenvalue weighted by Gasteiger charge is -2.37. The SMILES string of the molecule is CCCN(C)C(C)(NC)OCC. The van der Waals surface area contributed by atoms with Gasteiger partial charge >= 0.3 is 0 Å². The van der Waals surface area contributed by atoms with Crippen molar-refractivity contribution in [3.05, 3.63) is 0 Å². The molecule has 0 amide bonds. The highest BCUT2D eigenvalue weighted by Gasteiger charge is 2.26. The maximum Gasteiger partial charge on any atom is 0.173 e. The topological polar surface area (TPSA) is 24.5 Å². The van der Waals surface area contributed by atoms with Crippen molar-refractivity contribution in [2.75, 3.05) is 27.2 Å². The van der Waals surface area contributed by atoms with E-state index in [2.05, 4.69) is 24.2 Å². The molecule has 0 radical (unpaired) electrons. The molecule has 0 saturated heterocycles. The molecule has 74 valence electrons. The van der Waals surface area contributed by atoms with Gasteiger partial charge in [0.25, 0.3) is 0 Å². The maximum absolute atomic E-state index is 5.61. The molecule has 0 aliphatic rings. The van der Waals surface area contributed by atoms with Crippen LogP contribution >= 0.6 is 0 Å². The molecule has 1 atom stereocenters. The smallest absolute Gasteiger partial charge is 0.173 e. The summed E-state index contributed by atoms with van der Waals surface area (Å²) in [6, 6.07) is 0. The molecule has 0 aromatic heterocycles. The van der Waals surface area contributed by atoms with Gasteiger partial charge in [-0.15, -0.1) is 0 Å². The molecule has 0 spiro atoms. The predicted molar refractivity (Wildman–Crippen MR) is 52.0 cm³/mol. The summed E-state index contributed by atoms with van der Waals surface area (Å²) >= 11 is 0. The summed E-state index contributed by atoms with van der Waals surface area (Å²) in [6.07, 6.45) is 1.14. The van der Waals surface area contributed by atoms with Crippen LogP contribution in [-0.2, 0) is 4.74 Å². The Morgan fingerprint density at radius 2 is 2.00 bits per heavy atom. The molecule has 0 heterocycles. The van der Waals surface area contributed by atoms with Gasteiger partial charge in [-0.25, -0.2) is 0 Å². The van der Waals surface area contributed by atoms with Gasteiger partial charge < -0.3 is 4.74 Å². The number of rotatable bonds is 6. The van der Waals surface area contributed by atoms with E-state index in [4.69, 9.17) is 4.74 Å². The van der Waals surface area contributed by atoms with Crippen molar-refractivity contribution >= 4 is 0 Å². The van der Waals surface area contributed by atoms with Crippen molar-refractivity contribution < 1.29 is 4.74 Å². The first-order chi connectivity index (χ1) is 5.60. The van der Waals surface area contributed by atoms with Gasteiger partial charge in [-0.1, -0.05) is 6.92 Å². The predicted octanol–water partition coefficient (Wildman–Crippen LogP) is 1.26. The maximum atomic E-state index is 5.61. The van der Waals surface area contributed by atoms with E-state index < -0.39 is 0 Å². The van der Waals surface area contributed by atoms with E-state index in [1.165, 1.54) is 0 Å². The number of hydrogen-bond acceptors (Lipinski definition) is 3. The molecule has 0 fully saturated rings. The molecular formula is C9H22N2O. The van der Waals surface area contributed by atoms with Crippen LogP contribution in [0.2, 0.25) is 0 Å². The molecular weight excluding hydrogens is 152 g/mol. The van der Waals surface area contributed by atoms with Crippen LogP contribution in [0.4, 0.5) is 0 Å². The number of ether oxygens (including phenoxy) is 1. The monoisotopic (exact) mass is 174 g/mol. The molecule has 0 aliphatic heterocycles. The minimum absolute atomic E-state index is 0.315. The van der Waals surface area contributed by atoms with Gasteiger partial charge in [0.1, 0.15) is 0 Å². The zero-order valence-corrected chi connectivity index (χ0v) is 8.98. The average molecular weight is 174 g/mol. The van der Waals surface area contributed by atoms with Gasteiger partial charge in [-0.3, -0.25) is 10.2 Å². The van der Waals surface area contributed by atoms with Crippen molar-refractivity contribution in [2.24, 2.45) is 0 Å². The van der Waals surface area contributed by atoms with Gasteiger partial charge in [0.05, 0.1) is 0 Å². The molecule has 0 aliphatic carbocycles. The summed E-state index contributed by atoms with van der Waals surface area (Å²) in [5.74, 6) is -0.315. The Labute approximate surface area is 76.1 Å². The first kappa shape index (κ1) is 11.9. The fourth-order valence-electron chi connectivity index (χ4n) is 1.20. The van der Waals surface area contributed by atoms with E-state index in [9.17, 15) is 0 Å². The van der Waals surface area contributed by atoms with Crippen LogP contribution < -0.4 is 5.32 Å². The highest BCUT2D eigenvalue weighted by molar-refractivity contribution is 4.68. The highest BCUT2D eigenvalue weighted by Crippen LogP contribution is 2.10. The largest absolute Gasteiger partial charge is 0.348 e. The van der Waals surface area contributed by atoms with Crippen LogP contribution in [0.1, 0.15) is 27.2 Å². The molecule has 0 rings (SSSR count). The molecule has 0 aromatic rings. The number of hydrogen-bond donors (Lipinski definition) is 1. The first-order valence-corrected chi connectivity index (χ1v) is 4.64. The summed E-state index contributed by atoms with van der Waals surface area (Å²) in [4.78, 5) is 2.18. The van der Waals surface area contributed by atoms with Gasteiger partial charge in [-0.05, 0) is 34.4 Å². The third kappa shape index (κ3) is 3.09. The lowest BCUT2D eigenvalue weighted by Crippen LogP contribution is -2.56. The van der Waals surface area contributed by atoms with Crippen molar-refractivity contribution in [2.45, 2.75) is 33.0 Å². The Kier molecular flexibility index (Phi) is 5.46. The lowest BCUT2D eigenvalue weighted by atomic mass is 10.3. The van der Waals surface area contributed by atoms with E-state index >= 15 is 0 Å². The third-order valence-corrected chi connectivity index (χ3v) is 2.18. The molecule has 3 nitrogen and oxygen atoms in total. The van der Waals surface area contributed by atoms with Crippen LogP contribution in [0.5, 0.6) is 0 Å². The minimum Gasteiger partial charge on any atom is -0.348 e. The van der Waals surface area contributed by atoms with E-state index in [0.717, 1.165) is 19.6 Å². The van der Waals surface area contributed by atoms with Crippen LogP contribution in [0.25, 0.3) is 0 Å². The average Bonchev–Trinajstić information content (AvgIpc) is 2.05. The van der Waals surface area contributed by atoms with E-state index in [1.807, 2.05) is 20.9 Å². The van der Waals surface area contributed by atoms with Crippen LogP contribution in [0, 0.1) is 0 Å².